The third-order valence-electron chi connectivity index (χ3n) is 2.87. The molecule has 1 heterocycles. The second-order valence-corrected chi connectivity index (χ2v) is 5.26. The third-order valence-corrected chi connectivity index (χ3v) is 3.81. The maximum absolute atomic E-state index is 10.8. The van der Waals surface area contributed by atoms with Crippen molar-refractivity contribution in [2.24, 2.45) is 0 Å². The predicted octanol–water partition coefficient (Wildman–Crippen LogP) is 3.68. The van der Waals surface area contributed by atoms with Crippen LogP contribution in [0.3, 0.4) is 0 Å². The molecule has 0 unspecified atom stereocenters. The van der Waals surface area contributed by atoms with Crippen molar-refractivity contribution in [2.45, 2.75) is 20.4 Å². The highest BCUT2D eigenvalue weighted by Crippen LogP contribution is 2.18. The van der Waals surface area contributed by atoms with Gasteiger partial charge in [0.05, 0.1) is 5.56 Å². The Morgan fingerprint density at radius 3 is 2.67 bits per heavy atom. The van der Waals surface area contributed by atoms with E-state index >= 15 is 0 Å². The number of thiophene rings is 1. The lowest BCUT2D eigenvalue weighted by Gasteiger charge is -2.07. The molecule has 3 nitrogen and oxygen atoms in total. The first kappa shape index (κ1) is 12.6. The summed E-state index contributed by atoms with van der Waals surface area (Å²) in [4.78, 5) is 11.8. The van der Waals surface area contributed by atoms with Crippen LogP contribution in [0.1, 0.15) is 26.4 Å². The van der Waals surface area contributed by atoms with Crippen molar-refractivity contribution in [3.8, 4) is 0 Å². The van der Waals surface area contributed by atoms with Crippen molar-refractivity contribution in [1.82, 2.24) is 0 Å². The fourth-order valence-corrected chi connectivity index (χ4v) is 2.42. The highest BCUT2D eigenvalue weighted by Gasteiger charge is 2.06. The van der Waals surface area contributed by atoms with Crippen molar-refractivity contribution in [1.29, 1.82) is 0 Å². The molecule has 2 aromatic rings. The molecule has 94 valence electrons. The second kappa shape index (κ2) is 5.23. The third kappa shape index (κ3) is 2.90. The van der Waals surface area contributed by atoms with Crippen LogP contribution in [0, 0.1) is 13.8 Å². The summed E-state index contributed by atoms with van der Waals surface area (Å²) >= 11 is 1.46. The van der Waals surface area contributed by atoms with Gasteiger partial charge in [0.1, 0.15) is 0 Å². The lowest BCUT2D eigenvalue weighted by Crippen LogP contribution is -1.98. The number of aryl methyl sites for hydroxylation is 2. The molecule has 2 rings (SSSR count). The second-order valence-electron chi connectivity index (χ2n) is 4.26. The largest absolute Gasteiger partial charge is 0.478 e. The van der Waals surface area contributed by atoms with Crippen molar-refractivity contribution in [3.05, 3.63) is 51.2 Å². The number of carboxylic acid groups (broad SMARTS) is 1. The molecule has 0 saturated heterocycles. The topological polar surface area (TPSA) is 49.3 Å². The molecule has 1 aromatic heterocycles. The van der Waals surface area contributed by atoms with Crippen LogP contribution in [0.2, 0.25) is 0 Å². The summed E-state index contributed by atoms with van der Waals surface area (Å²) in [7, 11) is 0. The van der Waals surface area contributed by atoms with E-state index in [0.29, 0.717) is 12.1 Å². The Morgan fingerprint density at radius 2 is 2.06 bits per heavy atom. The van der Waals surface area contributed by atoms with Crippen molar-refractivity contribution in [2.75, 3.05) is 5.32 Å². The number of benzene rings is 1. The summed E-state index contributed by atoms with van der Waals surface area (Å²) in [6.07, 6.45) is 0. The lowest BCUT2D eigenvalue weighted by molar-refractivity contribution is 0.0697. The molecular weight excluding hydrogens is 246 g/mol. The van der Waals surface area contributed by atoms with E-state index in [4.69, 9.17) is 5.11 Å². The fourth-order valence-electron chi connectivity index (χ4n) is 1.63. The molecule has 0 fully saturated rings. The number of rotatable bonds is 4. The number of hydrogen-bond donors (Lipinski definition) is 2. The van der Waals surface area contributed by atoms with Crippen LogP contribution in [0.15, 0.2) is 29.6 Å². The first-order valence-electron chi connectivity index (χ1n) is 5.68. The molecule has 0 aliphatic heterocycles. The Balaban J connectivity index is 2.02. The van der Waals surface area contributed by atoms with Gasteiger partial charge in [0, 0.05) is 22.5 Å². The minimum absolute atomic E-state index is 0.358. The standard InChI is InChI=1S/C14H15NO2S/c1-9-3-4-12(5-10(9)2)15-7-13-6-11(8-18-13)14(16)17/h3-6,8,15H,7H2,1-2H3,(H,16,17). The number of aromatic carboxylic acids is 1. The molecule has 18 heavy (non-hydrogen) atoms. The van der Waals surface area contributed by atoms with Gasteiger partial charge >= 0.3 is 5.97 Å². The molecule has 4 heteroatoms. The van der Waals surface area contributed by atoms with Gasteiger partial charge in [-0.05, 0) is 43.2 Å². The molecule has 1 aromatic carbocycles. The maximum atomic E-state index is 10.8. The van der Waals surface area contributed by atoms with E-state index in [0.717, 1.165) is 10.6 Å². The van der Waals surface area contributed by atoms with Crippen LogP contribution in [0.4, 0.5) is 5.69 Å². The molecule has 2 N–H and O–H groups in total. The Bertz CT molecular complexity index is 575. The zero-order valence-electron chi connectivity index (χ0n) is 10.4. The Labute approximate surface area is 110 Å². The first-order chi connectivity index (χ1) is 8.56. The van der Waals surface area contributed by atoms with Gasteiger partial charge in [0.25, 0.3) is 0 Å². The molecular formula is C14H15NO2S. The maximum Gasteiger partial charge on any atom is 0.336 e. The summed E-state index contributed by atoms with van der Waals surface area (Å²) < 4.78 is 0. The predicted molar refractivity (Wildman–Crippen MR) is 74.5 cm³/mol. The average Bonchev–Trinajstić information content (AvgIpc) is 2.79. The van der Waals surface area contributed by atoms with Crippen LogP contribution >= 0.6 is 11.3 Å². The Morgan fingerprint density at radius 1 is 1.28 bits per heavy atom. The number of hydrogen-bond acceptors (Lipinski definition) is 3. The quantitative estimate of drug-likeness (QED) is 0.882. The molecule has 0 aliphatic carbocycles. The summed E-state index contributed by atoms with van der Waals surface area (Å²) in [5.74, 6) is -0.872. The highest BCUT2D eigenvalue weighted by atomic mass is 32.1. The molecule has 0 spiro atoms. The minimum Gasteiger partial charge on any atom is -0.478 e. The smallest absolute Gasteiger partial charge is 0.336 e. The summed E-state index contributed by atoms with van der Waals surface area (Å²) in [6.45, 7) is 4.81. The van der Waals surface area contributed by atoms with Gasteiger partial charge in [-0.15, -0.1) is 11.3 Å². The van der Waals surface area contributed by atoms with E-state index in [1.807, 2.05) is 6.07 Å². The van der Waals surface area contributed by atoms with Gasteiger partial charge in [-0.25, -0.2) is 4.79 Å². The van der Waals surface area contributed by atoms with E-state index in [9.17, 15) is 4.79 Å². The molecule has 0 amide bonds. The molecule has 0 bridgehead atoms. The van der Waals surface area contributed by atoms with Crippen LogP contribution < -0.4 is 5.32 Å². The molecule has 0 radical (unpaired) electrons. The van der Waals surface area contributed by atoms with Crippen LogP contribution in [-0.4, -0.2) is 11.1 Å². The Hall–Kier alpha value is -1.81. The van der Waals surface area contributed by atoms with E-state index in [1.165, 1.54) is 22.5 Å². The molecule has 0 atom stereocenters. The average molecular weight is 261 g/mol. The SMILES string of the molecule is Cc1ccc(NCc2cc(C(=O)O)cs2)cc1C. The minimum atomic E-state index is -0.872. The fraction of sp³-hybridized carbons (Fsp3) is 0.214. The van der Waals surface area contributed by atoms with Gasteiger partial charge in [0.2, 0.25) is 0 Å². The summed E-state index contributed by atoms with van der Waals surface area (Å²) in [5.41, 5.74) is 3.93. The van der Waals surface area contributed by atoms with Crippen molar-refractivity contribution >= 4 is 23.0 Å². The van der Waals surface area contributed by atoms with Crippen LogP contribution in [0.25, 0.3) is 0 Å². The number of anilines is 1. The van der Waals surface area contributed by atoms with Crippen molar-refractivity contribution < 1.29 is 9.90 Å². The lowest BCUT2D eigenvalue weighted by atomic mass is 10.1. The highest BCUT2D eigenvalue weighted by molar-refractivity contribution is 7.10. The first-order valence-corrected chi connectivity index (χ1v) is 6.56. The van der Waals surface area contributed by atoms with Gasteiger partial charge in [-0.1, -0.05) is 6.07 Å². The zero-order valence-corrected chi connectivity index (χ0v) is 11.2. The number of carboxylic acids is 1. The van der Waals surface area contributed by atoms with E-state index in [2.05, 4.69) is 31.3 Å². The summed E-state index contributed by atoms with van der Waals surface area (Å²) in [5, 5.41) is 13.8. The zero-order chi connectivity index (χ0) is 13.1. The Kier molecular flexibility index (Phi) is 3.67. The van der Waals surface area contributed by atoms with E-state index < -0.39 is 5.97 Å². The van der Waals surface area contributed by atoms with E-state index in [-0.39, 0.29) is 0 Å². The molecule has 0 aliphatic rings. The molecule has 0 saturated carbocycles. The van der Waals surface area contributed by atoms with Gasteiger partial charge in [0.15, 0.2) is 0 Å². The number of nitrogens with one attached hydrogen (secondary N) is 1. The normalized spacial score (nSPS) is 10.3. The van der Waals surface area contributed by atoms with Gasteiger partial charge in [-0.2, -0.15) is 0 Å². The number of carbonyl (C=O) groups is 1. The monoisotopic (exact) mass is 261 g/mol. The van der Waals surface area contributed by atoms with Crippen LogP contribution in [0.5, 0.6) is 0 Å². The summed E-state index contributed by atoms with van der Waals surface area (Å²) in [6, 6.07) is 7.92. The van der Waals surface area contributed by atoms with Gasteiger partial charge in [-0.3, -0.25) is 0 Å². The van der Waals surface area contributed by atoms with E-state index in [1.54, 1.807) is 11.4 Å². The van der Waals surface area contributed by atoms with Gasteiger partial charge < -0.3 is 10.4 Å². The van der Waals surface area contributed by atoms with Crippen molar-refractivity contribution in [3.63, 3.8) is 0 Å². The van der Waals surface area contributed by atoms with Crippen LogP contribution in [-0.2, 0) is 6.54 Å².